The maximum absolute atomic E-state index is 13.3. The Morgan fingerprint density at radius 1 is 1.25 bits per heavy atom. The Morgan fingerprint density at radius 3 is 2.71 bits per heavy atom. The SMILES string of the molecule is CC1(C)O[C@@H]2[C@@H]3C[C@H]([C@@H]2O1)N(C(=O)C1CNC(=O)CC12CCC2)C3. The van der Waals surface area contributed by atoms with E-state index in [1.165, 1.54) is 0 Å². The van der Waals surface area contributed by atoms with Crippen LogP contribution in [-0.4, -0.2) is 53.8 Å². The van der Waals surface area contributed by atoms with Gasteiger partial charge in [-0.25, -0.2) is 0 Å². The third kappa shape index (κ3) is 1.96. The number of amides is 2. The molecule has 5 aliphatic rings. The first-order valence-electron chi connectivity index (χ1n) is 9.31. The lowest BCUT2D eigenvalue weighted by atomic mass is 9.57. The minimum atomic E-state index is -0.542. The first-order valence-corrected chi connectivity index (χ1v) is 9.31. The molecule has 3 saturated heterocycles. The Morgan fingerprint density at radius 2 is 2.00 bits per heavy atom. The Bertz CT molecular complexity index is 600. The minimum absolute atomic E-state index is 0.0122. The molecular formula is C18H26N2O4. The molecule has 2 amide bonds. The van der Waals surface area contributed by atoms with Crippen LogP contribution in [0.5, 0.6) is 0 Å². The van der Waals surface area contributed by atoms with Crippen molar-refractivity contribution in [2.45, 2.75) is 70.0 Å². The van der Waals surface area contributed by atoms with Gasteiger partial charge < -0.3 is 19.7 Å². The number of rotatable bonds is 1. The molecule has 3 heterocycles. The monoisotopic (exact) mass is 334 g/mol. The molecule has 0 aromatic rings. The molecule has 1 unspecified atom stereocenters. The zero-order valence-electron chi connectivity index (χ0n) is 14.4. The van der Waals surface area contributed by atoms with Gasteiger partial charge in [-0.05, 0) is 38.5 Å². The lowest BCUT2D eigenvalue weighted by Crippen LogP contribution is -2.60. The quantitative estimate of drug-likeness (QED) is 0.778. The predicted octanol–water partition coefficient (Wildman–Crippen LogP) is 1.04. The van der Waals surface area contributed by atoms with Crippen molar-refractivity contribution in [1.29, 1.82) is 0 Å². The summed E-state index contributed by atoms with van der Waals surface area (Å²) in [5.41, 5.74) is -0.0764. The van der Waals surface area contributed by atoms with Gasteiger partial charge in [-0.2, -0.15) is 0 Å². The number of hydrogen-bond acceptors (Lipinski definition) is 4. The van der Waals surface area contributed by atoms with Crippen LogP contribution in [0.25, 0.3) is 0 Å². The van der Waals surface area contributed by atoms with Gasteiger partial charge in [0.05, 0.1) is 18.1 Å². The molecule has 5 rings (SSSR count). The van der Waals surface area contributed by atoms with Gasteiger partial charge in [0.1, 0.15) is 6.10 Å². The fraction of sp³-hybridized carbons (Fsp3) is 0.889. The number of nitrogens with zero attached hydrogens (tertiary/aromatic N) is 1. The van der Waals surface area contributed by atoms with Crippen LogP contribution in [0.1, 0.15) is 46.0 Å². The van der Waals surface area contributed by atoms with Crippen molar-refractivity contribution in [2.24, 2.45) is 17.3 Å². The molecule has 0 aromatic heterocycles. The van der Waals surface area contributed by atoms with Crippen LogP contribution in [0.2, 0.25) is 0 Å². The van der Waals surface area contributed by atoms with Crippen molar-refractivity contribution in [3.05, 3.63) is 0 Å². The van der Waals surface area contributed by atoms with Crippen LogP contribution in [0, 0.1) is 17.3 Å². The van der Waals surface area contributed by atoms with Gasteiger partial charge in [-0.15, -0.1) is 0 Å². The highest BCUT2D eigenvalue weighted by Gasteiger charge is 2.62. The molecule has 2 bridgehead atoms. The summed E-state index contributed by atoms with van der Waals surface area (Å²) in [7, 11) is 0. The summed E-state index contributed by atoms with van der Waals surface area (Å²) >= 11 is 0. The van der Waals surface area contributed by atoms with Crippen molar-refractivity contribution in [1.82, 2.24) is 10.2 Å². The molecule has 24 heavy (non-hydrogen) atoms. The molecular weight excluding hydrogens is 308 g/mol. The summed E-state index contributed by atoms with van der Waals surface area (Å²) in [6, 6.07) is 0.143. The van der Waals surface area contributed by atoms with Gasteiger partial charge in [0.25, 0.3) is 0 Å². The fourth-order valence-corrected chi connectivity index (χ4v) is 5.83. The van der Waals surface area contributed by atoms with E-state index in [9.17, 15) is 9.59 Å². The Labute approximate surface area is 142 Å². The Kier molecular flexibility index (Phi) is 2.98. The molecule has 1 N–H and O–H groups in total. The zero-order chi connectivity index (χ0) is 16.7. The highest BCUT2D eigenvalue weighted by atomic mass is 16.8. The van der Waals surface area contributed by atoms with E-state index in [0.717, 1.165) is 32.2 Å². The molecule has 5 atom stereocenters. The topological polar surface area (TPSA) is 67.9 Å². The number of ether oxygens (including phenoxy) is 2. The number of carbonyl (C=O) groups excluding carboxylic acids is 2. The third-order valence-corrected chi connectivity index (χ3v) is 7.07. The van der Waals surface area contributed by atoms with Crippen molar-refractivity contribution in [3.63, 3.8) is 0 Å². The molecule has 1 spiro atoms. The van der Waals surface area contributed by atoms with Crippen LogP contribution >= 0.6 is 0 Å². The van der Waals surface area contributed by atoms with Crippen LogP contribution in [0.15, 0.2) is 0 Å². The van der Waals surface area contributed by atoms with Crippen molar-refractivity contribution < 1.29 is 19.1 Å². The first-order chi connectivity index (χ1) is 11.4. The molecule has 0 radical (unpaired) electrons. The van der Waals surface area contributed by atoms with E-state index >= 15 is 0 Å². The normalized spacial score (nSPS) is 44.3. The average Bonchev–Trinajstić information content (AvgIpc) is 3.13. The second-order valence-corrected chi connectivity index (χ2v) is 8.87. The van der Waals surface area contributed by atoms with E-state index in [-0.39, 0.29) is 41.4 Å². The van der Waals surface area contributed by atoms with Gasteiger partial charge in [0, 0.05) is 25.4 Å². The standard InChI is InChI=1S/C18H26N2O4/c1-17(2)23-14-10-6-12(15(14)24-17)20(9-10)16(22)11-8-19-13(21)7-18(11)4-3-5-18/h10-12,14-15H,3-9H2,1-2H3,(H,19,21)/t10-,11?,12-,14-,15+/m1/s1. The van der Waals surface area contributed by atoms with Crippen molar-refractivity contribution in [3.8, 4) is 0 Å². The summed E-state index contributed by atoms with van der Waals surface area (Å²) in [5, 5.41) is 2.92. The molecule has 6 nitrogen and oxygen atoms in total. The van der Waals surface area contributed by atoms with Crippen LogP contribution in [-0.2, 0) is 19.1 Å². The molecule has 132 valence electrons. The van der Waals surface area contributed by atoms with E-state index < -0.39 is 5.79 Å². The highest BCUT2D eigenvalue weighted by Crippen LogP contribution is 2.54. The van der Waals surface area contributed by atoms with Gasteiger partial charge in [0.15, 0.2) is 5.79 Å². The number of nitrogens with one attached hydrogen (secondary N) is 1. The van der Waals surface area contributed by atoms with Gasteiger partial charge >= 0.3 is 0 Å². The van der Waals surface area contributed by atoms with Crippen LogP contribution in [0.4, 0.5) is 0 Å². The second-order valence-electron chi connectivity index (χ2n) is 8.87. The summed E-state index contributed by atoms with van der Waals surface area (Å²) in [5.74, 6) is 0.127. The summed E-state index contributed by atoms with van der Waals surface area (Å²) < 4.78 is 12.1. The van der Waals surface area contributed by atoms with Crippen molar-refractivity contribution >= 4 is 11.8 Å². The Balaban J connectivity index is 1.36. The van der Waals surface area contributed by atoms with Crippen LogP contribution in [0.3, 0.4) is 0 Å². The summed E-state index contributed by atoms with van der Waals surface area (Å²) in [4.78, 5) is 27.2. The largest absolute Gasteiger partial charge is 0.355 e. The van der Waals surface area contributed by atoms with Crippen molar-refractivity contribution in [2.75, 3.05) is 13.1 Å². The summed E-state index contributed by atoms with van der Waals surface area (Å²) in [6.45, 7) is 5.20. The van der Waals surface area contributed by atoms with Gasteiger partial charge in [-0.3, -0.25) is 9.59 Å². The lowest BCUT2D eigenvalue weighted by Gasteiger charge is -2.51. The predicted molar refractivity (Wildman–Crippen MR) is 84.8 cm³/mol. The molecule has 6 heteroatoms. The van der Waals surface area contributed by atoms with Gasteiger partial charge in [0.2, 0.25) is 11.8 Å². The minimum Gasteiger partial charge on any atom is -0.355 e. The van der Waals surface area contributed by atoms with E-state index in [1.807, 2.05) is 13.8 Å². The van der Waals surface area contributed by atoms with E-state index in [4.69, 9.17) is 9.47 Å². The fourth-order valence-electron chi connectivity index (χ4n) is 5.83. The lowest BCUT2D eigenvalue weighted by molar-refractivity contribution is -0.161. The third-order valence-electron chi connectivity index (χ3n) is 7.07. The first kappa shape index (κ1) is 15.1. The van der Waals surface area contributed by atoms with E-state index in [2.05, 4.69) is 10.2 Å². The second kappa shape index (κ2) is 4.73. The Hall–Kier alpha value is -1.14. The number of piperidine rings is 2. The summed E-state index contributed by atoms with van der Waals surface area (Å²) in [6.07, 6.45) is 4.82. The maximum atomic E-state index is 13.3. The number of fused-ring (bicyclic) bond motifs is 5. The van der Waals surface area contributed by atoms with E-state index in [0.29, 0.717) is 18.9 Å². The van der Waals surface area contributed by atoms with E-state index in [1.54, 1.807) is 0 Å². The number of carbonyl (C=O) groups is 2. The smallest absolute Gasteiger partial charge is 0.228 e. The van der Waals surface area contributed by atoms with Gasteiger partial charge in [-0.1, -0.05) is 6.42 Å². The average molecular weight is 334 g/mol. The zero-order valence-corrected chi connectivity index (χ0v) is 14.4. The number of likely N-dealkylation sites (tertiary alicyclic amines) is 1. The molecule has 5 fully saturated rings. The molecule has 3 aliphatic heterocycles. The maximum Gasteiger partial charge on any atom is 0.228 e. The van der Waals surface area contributed by atoms with Crippen LogP contribution < -0.4 is 5.32 Å². The molecule has 0 aromatic carbocycles. The number of hydrogen-bond donors (Lipinski definition) is 1. The molecule has 2 aliphatic carbocycles. The highest BCUT2D eigenvalue weighted by molar-refractivity contribution is 5.86. The molecule has 2 saturated carbocycles.